The van der Waals surface area contributed by atoms with Crippen molar-refractivity contribution in [2.75, 3.05) is 0 Å². The molecule has 124 valence electrons. The number of halogens is 13. The molecule has 0 aromatic rings. The third-order valence-corrected chi connectivity index (χ3v) is 1.63. The highest BCUT2D eigenvalue weighted by atomic mass is 19.4. The fourth-order valence-corrected chi connectivity index (χ4v) is 0.997. The lowest BCUT2D eigenvalue weighted by molar-refractivity contribution is -0.140. The molecule has 0 aliphatic rings. The van der Waals surface area contributed by atoms with Crippen molar-refractivity contribution in [1.82, 2.24) is 0 Å². The van der Waals surface area contributed by atoms with Gasteiger partial charge in [-0.25, -0.2) is 4.39 Å². The molecule has 0 aliphatic heterocycles. The van der Waals surface area contributed by atoms with E-state index in [1.54, 1.807) is 0 Å². The van der Waals surface area contributed by atoms with Gasteiger partial charge in [0.1, 0.15) is 5.57 Å². The molecule has 0 aromatic carbocycles. The molecule has 0 amide bonds. The van der Waals surface area contributed by atoms with Crippen molar-refractivity contribution >= 4 is 0 Å². The number of allylic oxidation sites excluding steroid dienone is 4. The molecule has 0 fully saturated rings. The maximum atomic E-state index is 12.6. The molecule has 0 atom stereocenters. The zero-order valence-corrected chi connectivity index (χ0v) is 8.99. The predicted molar refractivity (Wildman–Crippen MR) is 40.4 cm³/mol. The van der Waals surface area contributed by atoms with Crippen molar-refractivity contribution in [3.63, 3.8) is 0 Å². The van der Waals surface area contributed by atoms with Crippen molar-refractivity contribution in [3.8, 4) is 0 Å². The van der Waals surface area contributed by atoms with Crippen LogP contribution in [0.15, 0.2) is 23.0 Å². The van der Waals surface area contributed by atoms with Gasteiger partial charge in [0.2, 0.25) is 5.83 Å². The Hall–Kier alpha value is -1.43. The zero-order chi connectivity index (χ0) is 17.4. The van der Waals surface area contributed by atoms with Crippen molar-refractivity contribution < 1.29 is 57.1 Å². The SMILES string of the molecule is F/C(=C(/C(=C/C(F)(F)F)C(F)(F)F)C(F)(F)F)C(F)(F)F. The molecule has 0 unspecified atom stereocenters. The summed E-state index contributed by atoms with van der Waals surface area (Å²) in [5, 5.41) is 0. The van der Waals surface area contributed by atoms with Crippen molar-refractivity contribution in [2.24, 2.45) is 0 Å². The van der Waals surface area contributed by atoms with Crippen LogP contribution in [0.2, 0.25) is 0 Å². The number of hydrogen-bond donors (Lipinski definition) is 0. The molecule has 0 rings (SSSR count). The molecule has 0 heterocycles. The van der Waals surface area contributed by atoms with E-state index < -0.39 is 47.8 Å². The summed E-state index contributed by atoms with van der Waals surface area (Å²) in [7, 11) is 0. The van der Waals surface area contributed by atoms with E-state index in [9.17, 15) is 57.1 Å². The van der Waals surface area contributed by atoms with E-state index in [4.69, 9.17) is 0 Å². The lowest BCUT2D eigenvalue weighted by atomic mass is 10.0. The Labute approximate surface area is 106 Å². The van der Waals surface area contributed by atoms with Crippen LogP contribution in [0, 0.1) is 0 Å². The van der Waals surface area contributed by atoms with Crippen LogP contribution in [-0.2, 0) is 0 Å². The highest BCUT2D eigenvalue weighted by molar-refractivity contribution is 5.42. The smallest absolute Gasteiger partial charge is 0.201 e. The van der Waals surface area contributed by atoms with Gasteiger partial charge < -0.3 is 0 Å². The summed E-state index contributed by atoms with van der Waals surface area (Å²) in [6, 6.07) is 0. The van der Waals surface area contributed by atoms with E-state index in [0.717, 1.165) is 0 Å². The van der Waals surface area contributed by atoms with Gasteiger partial charge in [0.05, 0.1) is 5.57 Å². The molecular formula is C8HF13. The summed E-state index contributed by atoms with van der Waals surface area (Å²) in [5.41, 5.74) is -7.93. The Balaban J connectivity index is 6.60. The first-order valence-corrected chi connectivity index (χ1v) is 4.28. The first-order chi connectivity index (χ1) is 8.87. The average Bonchev–Trinajstić information content (AvgIpc) is 2.08. The van der Waals surface area contributed by atoms with Crippen LogP contribution in [0.25, 0.3) is 0 Å². The first kappa shape index (κ1) is 19.6. The Morgan fingerprint density at radius 3 is 1.14 bits per heavy atom. The van der Waals surface area contributed by atoms with Gasteiger partial charge in [-0.05, 0) is 0 Å². The second kappa shape index (κ2) is 5.40. The summed E-state index contributed by atoms with van der Waals surface area (Å²) < 4.78 is 156. The van der Waals surface area contributed by atoms with Gasteiger partial charge in [0, 0.05) is 6.08 Å². The Bertz CT molecular complexity index is 435. The Morgan fingerprint density at radius 1 is 0.571 bits per heavy atom. The largest absolute Gasteiger partial charge is 0.443 e. The molecule has 13 heteroatoms. The van der Waals surface area contributed by atoms with Gasteiger partial charge in [-0.1, -0.05) is 0 Å². The van der Waals surface area contributed by atoms with Gasteiger partial charge >= 0.3 is 24.7 Å². The van der Waals surface area contributed by atoms with Crippen molar-refractivity contribution in [2.45, 2.75) is 24.7 Å². The molecular weight excluding hydrogens is 343 g/mol. The molecule has 0 bridgehead atoms. The standard InChI is InChI=1S/C8HF13/c9-4(8(19,20)21)3(7(16,17)18)2(6(13,14)15)1-5(10,11)12/h1H/b2-1-,4-3-. The molecule has 21 heavy (non-hydrogen) atoms. The molecule has 0 nitrogen and oxygen atoms in total. The van der Waals surface area contributed by atoms with E-state index in [0.29, 0.717) is 0 Å². The van der Waals surface area contributed by atoms with Crippen LogP contribution in [0.5, 0.6) is 0 Å². The van der Waals surface area contributed by atoms with E-state index in [1.807, 2.05) is 0 Å². The molecule has 0 aromatic heterocycles. The summed E-state index contributed by atoms with van der Waals surface area (Å²) in [4.78, 5) is 0. The summed E-state index contributed by atoms with van der Waals surface area (Å²) in [6.07, 6.45) is -27.9. The zero-order valence-electron chi connectivity index (χ0n) is 8.99. The number of alkyl halides is 12. The fraction of sp³-hybridized carbons (Fsp3) is 0.500. The van der Waals surface area contributed by atoms with Crippen molar-refractivity contribution in [1.29, 1.82) is 0 Å². The molecule has 0 radical (unpaired) electrons. The van der Waals surface area contributed by atoms with Gasteiger partial charge in [-0.2, -0.15) is 52.7 Å². The maximum Gasteiger partial charge on any atom is 0.443 e. The summed E-state index contributed by atoms with van der Waals surface area (Å²) >= 11 is 0. The minimum Gasteiger partial charge on any atom is -0.201 e. The molecule has 0 N–H and O–H groups in total. The normalized spacial score (nSPS) is 16.9. The highest BCUT2D eigenvalue weighted by Crippen LogP contribution is 2.46. The molecule has 0 spiro atoms. The van der Waals surface area contributed by atoms with Gasteiger partial charge in [-0.3, -0.25) is 0 Å². The average molecular weight is 344 g/mol. The maximum absolute atomic E-state index is 12.6. The Morgan fingerprint density at radius 2 is 0.952 bits per heavy atom. The third kappa shape index (κ3) is 5.83. The minimum absolute atomic E-state index is 2.10. The lowest BCUT2D eigenvalue weighted by Crippen LogP contribution is -2.29. The van der Waals surface area contributed by atoms with Gasteiger partial charge in [0.25, 0.3) is 0 Å². The van der Waals surface area contributed by atoms with E-state index >= 15 is 0 Å². The number of hydrogen-bond acceptors (Lipinski definition) is 0. The first-order valence-electron chi connectivity index (χ1n) is 4.28. The van der Waals surface area contributed by atoms with E-state index in [-0.39, 0.29) is 0 Å². The monoisotopic (exact) mass is 344 g/mol. The van der Waals surface area contributed by atoms with Gasteiger partial charge in [0.15, 0.2) is 0 Å². The minimum atomic E-state index is -6.66. The van der Waals surface area contributed by atoms with Crippen LogP contribution in [0.1, 0.15) is 0 Å². The van der Waals surface area contributed by atoms with Crippen LogP contribution in [0.3, 0.4) is 0 Å². The topological polar surface area (TPSA) is 0 Å². The van der Waals surface area contributed by atoms with Gasteiger partial charge in [-0.15, -0.1) is 0 Å². The molecule has 0 saturated carbocycles. The van der Waals surface area contributed by atoms with Crippen LogP contribution < -0.4 is 0 Å². The third-order valence-electron chi connectivity index (χ3n) is 1.63. The predicted octanol–water partition coefficient (Wildman–Crippen LogP) is 5.39. The van der Waals surface area contributed by atoms with Crippen LogP contribution in [-0.4, -0.2) is 24.7 Å². The fourth-order valence-electron chi connectivity index (χ4n) is 0.997. The van der Waals surface area contributed by atoms with E-state index in [1.165, 1.54) is 0 Å². The van der Waals surface area contributed by atoms with Crippen LogP contribution in [0.4, 0.5) is 57.1 Å². The highest BCUT2D eigenvalue weighted by Gasteiger charge is 2.54. The number of rotatable bonds is 1. The summed E-state index contributed by atoms with van der Waals surface area (Å²) in [5.74, 6) is -4.33. The summed E-state index contributed by atoms with van der Waals surface area (Å²) in [6.45, 7) is 0. The van der Waals surface area contributed by atoms with E-state index in [2.05, 4.69) is 0 Å². The van der Waals surface area contributed by atoms with Crippen LogP contribution >= 0.6 is 0 Å². The second-order valence-corrected chi connectivity index (χ2v) is 3.28. The van der Waals surface area contributed by atoms with Crippen molar-refractivity contribution in [3.05, 3.63) is 23.0 Å². The lowest BCUT2D eigenvalue weighted by Gasteiger charge is -2.20. The molecule has 0 saturated heterocycles. The molecule has 0 aliphatic carbocycles. The second-order valence-electron chi connectivity index (χ2n) is 3.28. The quantitative estimate of drug-likeness (QED) is 0.442. The Kier molecular flexibility index (Phi) is 5.04.